The number of amides is 1. The molecule has 2 atom stereocenters. The Morgan fingerprint density at radius 1 is 1.26 bits per heavy atom. The van der Waals surface area contributed by atoms with Crippen LogP contribution >= 0.6 is 12.4 Å². The Balaban J connectivity index is 0.00000264. The van der Waals surface area contributed by atoms with Gasteiger partial charge < -0.3 is 11.1 Å². The predicted octanol–water partition coefficient (Wildman–Crippen LogP) is 1.64. The molecule has 0 radical (unpaired) electrons. The molecule has 23 heavy (non-hydrogen) atoms. The Kier molecular flexibility index (Phi) is 7.51. The van der Waals surface area contributed by atoms with Gasteiger partial charge in [0.05, 0.1) is 5.75 Å². The molecule has 0 aromatic heterocycles. The van der Waals surface area contributed by atoms with Crippen molar-refractivity contribution >= 4 is 28.2 Å². The van der Waals surface area contributed by atoms with E-state index < -0.39 is 9.84 Å². The largest absolute Gasteiger partial charge is 0.352 e. The fourth-order valence-corrected chi connectivity index (χ4v) is 3.98. The topological polar surface area (TPSA) is 89.3 Å². The number of hydrogen-bond donors (Lipinski definition) is 2. The molecule has 0 saturated heterocycles. The third kappa shape index (κ3) is 5.79. The molecule has 0 spiro atoms. The van der Waals surface area contributed by atoms with Crippen molar-refractivity contribution in [1.29, 1.82) is 0 Å². The van der Waals surface area contributed by atoms with Gasteiger partial charge in [-0.3, -0.25) is 4.79 Å². The summed E-state index contributed by atoms with van der Waals surface area (Å²) in [5.74, 6) is 0.286. The lowest BCUT2D eigenvalue weighted by Gasteiger charge is -2.18. The van der Waals surface area contributed by atoms with Crippen LogP contribution in [-0.4, -0.2) is 27.1 Å². The van der Waals surface area contributed by atoms with Crippen LogP contribution in [0.1, 0.15) is 30.4 Å². The number of nitrogens with two attached hydrogens (primary N) is 1. The van der Waals surface area contributed by atoms with E-state index in [1.807, 2.05) is 18.2 Å². The van der Waals surface area contributed by atoms with Crippen LogP contribution in [0, 0.1) is 11.8 Å². The fraction of sp³-hybridized carbons (Fsp3) is 0.562. The van der Waals surface area contributed by atoms with E-state index in [1.54, 1.807) is 6.07 Å². The minimum atomic E-state index is -3.10. The van der Waals surface area contributed by atoms with Gasteiger partial charge in [-0.25, -0.2) is 8.42 Å². The highest BCUT2D eigenvalue weighted by Crippen LogP contribution is 2.31. The van der Waals surface area contributed by atoms with Gasteiger partial charge in [0.25, 0.3) is 0 Å². The van der Waals surface area contributed by atoms with Crippen molar-refractivity contribution in [3.63, 3.8) is 0 Å². The molecule has 1 saturated carbocycles. The smallest absolute Gasteiger partial charge is 0.223 e. The molecule has 0 bridgehead atoms. The lowest BCUT2D eigenvalue weighted by Crippen LogP contribution is -2.34. The highest BCUT2D eigenvalue weighted by atomic mass is 35.5. The number of halogens is 1. The Bertz CT molecular complexity index is 634. The van der Waals surface area contributed by atoms with Gasteiger partial charge in [0.1, 0.15) is 0 Å². The Labute approximate surface area is 144 Å². The zero-order chi connectivity index (χ0) is 16.2. The first kappa shape index (κ1) is 19.9. The molecule has 130 valence electrons. The van der Waals surface area contributed by atoms with Crippen molar-refractivity contribution in [1.82, 2.24) is 5.32 Å². The van der Waals surface area contributed by atoms with Crippen LogP contribution in [0.4, 0.5) is 0 Å². The van der Waals surface area contributed by atoms with Crippen molar-refractivity contribution in [3.8, 4) is 0 Å². The summed E-state index contributed by atoms with van der Waals surface area (Å²) >= 11 is 0. The number of sulfone groups is 1. The van der Waals surface area contributed by atoms with E-state index in [0.717, 1.165) is 30.4 Å². The van der Waals surface area contributed by atoms with Crippen molar-refractivity contribution in [3.05, 3.63) is 35.4 Å². The second-order valence-electron chi connectivity index (χ2n) is 6.09. The van der Waals surface area contributed by atoms with Crippen molar-refractivity contribution < 1.29 is 13.2 Å². The van der Waals surface area contributed by atoms with Crippen LogP contribution in [0.3, 0.4) is 0 Å². The normalized spacial score (nSPS) is 20.8. The number of benzene rings is 1. The zero-order valence-corrected chi connectivity index (χ0v) is 15.0. The maximum absolute atomic E-state index is 12.3. The fourth-order valence-electron chi connectivity index (χ4n) is 3.13. The van der Waals surface area contributed by atoms with E-state index in [9.17, 15) is 13.2 Å². The summed E-state index contributed by atoms with van der Waals surface area (Å²) in [5, 5.41) is 2.94. The average molecular weight is 361 g/mol. The predicted molar refractivity (Wildman–Crippen MR) is 94.0 cm³/mol. The lowest BCUT2D eigenvalue weighted by molar-refractivity contribution is -0.126. The van der Waals surface area contributed by atoms with Gasteiger partial charge in [-0.2, -0.15) is 0 Å². The van der Waals surface area contributed by atoms with Crippen molar-refractivity contribution in [2.45, 2.75) is 31.6 Å². The third-order valence-electron chi connectivity index (χ3n) is 4.29. The summed E-state index contributed by atoms with van der Waals surface area (Å²) in [5.41, 5.74) is 7.31. The molecule has 1 aliphatic rings. The average Bonchev–Trinajstić information content (AvgIpc) is 2.93. The summed E-state index contributed by atoms with van der Waals surface area (Å²) < 4.78 is 23.0. The first-order valence-corrected chi connectivity index (χ1v) is 9.69. The number of rotatable bonds is 6. The molecule has 1 aliphatic carbocycles. The molecular formula is C16H25ClN2O3S. The third-order valence-corrected chi connectivity index (χ3v) is 5.12. The van der Waals surface area contributed by atoms with E-state index in [1.165, 1.54) is 6.26 Å². The second-order valence-corrected chi connectivity index (χ2v) is 8.23. The molecule has 2 rings (SSSR count). The number of nitrogens with one attached hydrogen (secondary N) is 1. The molecule has 0 unspecified atom stereocenters. The van der Waals surface area contributed by atoms with E-state index in [0.29, 0.717) is 13.1 Å². The van der Waals surface area contributed by atoms with E-state index in [4.69, 9.17) is 5.73 Å². The molecule has 0 aliphatic heterocycles. The van der Waals surface area contributed by atoms with Crippen LogP contribution in [0.5, 0.6) is 0 Å². The summed E-state index contributed by atoms with van der Waals surface area (Å²) in [4.78, 5) is 12.3. The van der Waals surface area contributed by atoms with Crippen LogP contribution in [-0.2, 0) is 26.9 Å². The standard InChI is InChI=1S/C16H24N2O3S.ClH/c1-22(20,21)11-14-6-3-2-5-13(14)10-18-16(19)15-8-4-7-12(15)9-17;/h2-3,5-6,12,15H,4,7-11,17H2,1H3,(H,18,19);1H/t12-,15-;/m1./s1. The molecule has 1 fully saturated rings. The Hall–Kier alpha value is -1.11. The van der Waals surface area contributed by atoms with Gasteiger partial charge in [0.15, 0.2) is 9.84 Å². The van der Waals surface area contributed by atoms with Crippen molar-refractivity contribution in [2.24, 2.45) is 17.6 Å². The van der Waals surface area contributed by atoms with Crippen LogP contribution in [0.25, 0.3) is 0 Å². The first-order chi connectivity index (χ1) is 10.4. The molecule has 3 N–H and O–H groups in total. The summed E-state index contributed by atoms with van der Waals surface area (Å²) in [6.07, 6.45) is 4.16. The van der Waals surface area contributed by atoms with Crippen LogP contribution < -0.4 is 11.1 Å². The van der Waals surface area contributed by atoms with Gasteiger partial charge in [-0.05, 0) is 36.4 Å². The highest BCUT2D eigenvalue weighted by molar-refractivity contribution is 7.89. The summed E-state index contributed by atoms with van der Waals surface area (Å²) in [6.45, 7) is 0.904. The summed E-state index contributed by atoms with van der Waals surface area (Å²) in [7, 11) is -3.10. The minimum absolute atomic E-state index is 0. The van der Waals surface area contributed by atoms with E-state index >= 15 is 0 Å². The van der Waals surface area contributed by atoms with Gasteiger partial charge in [0, 0.05) is 18.7 Å². The second kappa shape index (κ2) is 8.66. The van der Waals surface area contributed by atoms with Gasteiger partial charge >= 0.3 is 0 Å². The maximum atomic E-state index is 12.3. The molecule has 1 aromatic carbocycles. The highest BCUT2D eigenvalue weighted by Gasteiger charge is 2.31. The minimum Gasteiger partial charge on any atom is -0.352 e. The molecule has 5 nitrogen and oxygen atoms in total. The molecule has 7 heteroatoms. The SMILES string of the molecule is CS(=O)(=O)Cc1ccccc1CNC(=O)[C@@H]1CCC[C@@H]1CN.Cl. The van der Waals surface area contributed by atoms with Gasteiger partial charge in [-0.1, -0.05) is 30.7 Å². The Morgan fingerprint density at radius 3 is 2.52 bits per heavy atom. The monoisotopic (exact) mass is 360 g/mol. The van der Waals surface area contributed by atoms with Gasteiger partial charge in [-0.15, -0.1) is 12.4 Å². The number of carbonyl (C=O) groups excluding carboxylic acids is 1. The molecule has 1 amide bonds. The van der Waals surface area contributed by atoms with Gasteiger partial charge in [0.2, 0.25) is 5.91 Å². The Morgan fingerprint density at radius 2 is 1.91 bits per heavy atom. The number of hydrogen-bond acceptors (Lipinski definition) is 4. The molecule has 0 heterocycles. The maximum Gasteiger partial charge on any atom is 0.223 e. The number of carbonyl (C=O) groups is 1. The first-order valence-electron chi connectivity index (χ1n) is 7.63. The van der Waals surface area contributed by atoms with Crippen LogP contribution in [0.15, 0.2) is 24.3 Å². The van der Waals surface area contributed by atoms with Crippen molar-refractivity contribution in [2.75, 3.05) is 12.8 Å². The van der Waals surface area contributed by atoms with E-state index in [-0.39, 0.29) is 35.9 Å². The lowest BCUT2D eigenvalue weighted by atomic mass is 9.95. The van der Waals surface area contributed by atoms with E-state index in [2.05, 4.69) is 5.32 Å². The quantitative estimate of drug-likeness (QED) is 0.807. The summed E-state index contributed by atoms with van der Waals surface area (Å²) in [6, 6.07) is 7.31. The molecular weight excluding hydrogens is 336 g/mol. The molecule has 1 aromatic rings. The van der Waals surface area contributed by atoms with Crippen LogP contribution in [0.2, 0.25) is 0 Å². The zero-order valence-electron chi connectivity index (χ0n) is 13.3.